The third-order valence-corrected chi connectivity index (χ3v) is 6.91. The van der Waals surface area contributed by atoms with Gasteiger partial charge in [0, 0.05) is 12.5 Å². The van der Waals surface area contributed by atoms with E-state index in [0.29, 0.717) is 31.6 Å². The van der Waals surface area contributed by atoms with Gasteiger partial charge in [0.25, 0.3) is 0 Å². The van der Waals surface area contributed by atoms with Crippen molar-refractivity contribution < 1.29 is 14.6 Å². The maximum absolute atomic E-state index is 12.2. The van der Waals surface area contributed by atoms with Crippen LogP contribution in [0.25, 0.3) is 0 Å². The minimum Gasteiger partial charge on any atom is -0.465 e. The zero-order valence-corrected chi connectivity index (χ0v) is 15.4. The average molecular weight is 358 g/mol. The van der Waals surface area contributed by atoms with Crippen LogP contribution in [0.5, 0.6) is 0 Å². The Balaban J connectivity index is 1.64. The van der Waals surface area contributed by atoms with Crippen molar-refractivity contribution in [2.45, 2.75) is 37.6 Å². The number of carbonyl (C=O) groups is 1. The Hall–Kier alpha value is -1.59. The second-order valence-corrected chi connectivity index (χ2v) is 8.27. The van der Waals surface area contributed by atoms with Crippen LogP contribution >= 0.6 is 0 Å². The Morgan fingerprint density at radius 1 is 1.15 bits per heavy atom. The van der Waals surface area contributed by atoms with E-state index in [1.165, 1.54) is 18.4 Å². The third kappa shape index (κ3) is 3.35. The number of amides is 1. The summed E-state index contributed by atoms with van der Waals surface area (Å²) in [5.41, 5.74) is 0.913. The fourth-order valence-corrected chi connectivity index (χ4v) is 5.38. The summed E-state index contributed by atoms with van der Waals surface area (Å²) in [6.45, 7) is 4.24. The number of piperidine rings is 2. The van der Waals surface area contributed by atoms with E-state index >= 15 is 0 Å². The van der Waals surface area contributed by atoms with E-state index < -0.39 is 6.09 Å². The normalized spacial score (nSPS) is 30.8. The highest BCUT2D eigenvalue weighted by Gasteiger charge is 2.53. The minimum absolute atomic E-state index is 0.309. The molecule has 1 aromatic carbocycles. The average Bonchev–Trinajstić information content (AvgIpc) is 2.61. The first-order valence-corrected chi connectivity index (χ1v) is 10.0. The molecule has 1 amide bonds. The van der Waals surface area contributed by atoms with Crippen LogP contribution in [0.3, 0.4) is 0 Å². The molecule has 2 N–H and O–H groups in total. The molecule has 4 rings (SSSR count). The number of hydrogen-bond donors (Lipinski definition) is 2. The SMILES string of the molecule is O=C(O)N1CCC(C2CCNCC2)CC1(Cc1ccccc1)C1COC1. The van der Waals surface area contributed by atoms with Crippen molar-refractivity contribution in [1.29, 1.82) is 0 Å². The molecule has 0 bridgehead atoms. The predicted octanol–water partition coefficient (Wildman–Crippen LogP) is 3.00. The van der Waals surface area contributed by atoms with Gasteiger partial charge in [-0.05, 0) is 62.6 Å². The molecule has 0 radical (unpaired) electrons. The molecular weight excluding hydrogens is 328 g/mol. The van der Waals surface area contributed by atoms with E-state index in [1.807, 2.05) is 6.07 Å². The smallest absolute Gasteiger partial charge is 0.407 e. The van der Waals surface area contributed by atoms with Gasteiger partial charge in [0.05, 0.1) is 18.8 Å². The van der Waals surface area contributed by atoms with E-state index in [9.17, 15) is 9.90 Å². The first-order valence-electron chi connectivity index (χ1n) is 10.0. The van der Waals surface area contributed by atoms with Gasteiger partial charge < -0.3 is 20.1 Å². The first-order chi connectivity index (χ1) is 12.7. The van der Waals surface area contributed by atoms with Crippen LogP contribution in [0.15, 0.2) is 30.3 Å². The Morgan fingerprint density at radius 2 is 1.88 bits per heavy atom. The lowest BCUT2D eigenvalue weighted by Gasteiger charge is -2.56. The molecule has 3 saturated heterocycles. The summed E-state index contributed by atoms with van der Waals surface area (Å²) in [4.78, 5) is 13.9. The molecule has 3 heterocycles. The quantitative estimate of drug-likeness (QED) is 0.869. The van der Waals surface area contributed by atoms with E-state index in [4.69, 9.17) is 4.74 Å². The largest absolute Gasteiger partial charge is 0.465 e. The standard InChI is InChI=1S/C21H30N2O3/c24-20(25)23-11-8-18(17-6-9-22-10-7-17)13-21(23,19-14-26-15-19)12-16-4-2-1-3-5-16/h1-5,17-19,22H,6-15H2,(H,24,25). The van der Waals surface area contributed by atoms with Crippen molar-refractivity contribution in [3.8, 4) is 0 Å². The second-order valence-electron chi connectivity index (χ2n) is 8.27. The van der Waals surface area contributed by atoms with Crippen LogP contribution in [-0.4, -0.2) is 54.5 Å². The molecule has 1 aromatic rings. The fraction of sp³-hybridized carbons (Fsp3) is 0.667. The van der Waals surface area contributed by atoms with Crippen LogP contribution in [0.4, 0.5) is 4.79 Å². The minimum atomic E-state index is -0.767. The summed E-state index contributed by atoms with van der Waals surface area (Å²) in [7, 11) is 0. The maximum atomic E-state index is 12.2. The predicted molar refractivity (Wildman–Crippen MR) is 100 cm³/mol. The van der Waals surface area contributed by atoms with Crippen LogP contribution < -0.4 is 5.32 Å². The van der Waals surface area contributed by atoms with Crippen molar-refractivity contribution >= 4 is 6.09 Å². The highest BCUT2D eigenvalue weighted by atomic mass is 16.5. The molecule has 0 spiro atoms. The molecule has 0 saturated carbocycles. The topological polar surface area (TPSA) is 61.8 Å². The van der Waals surface area contributed by atoms with Gasteiger partial charge in [0.2, 0.25) is 0 Å². The number of likely N-dealkylation sites (tertiary alicyclic amines) is 1. The maximum Gasteiger partial charge on any atom is 0.407 e. The number of benzene rings is 1. The molecule has 2 atom stereocenters. The van der Waals surface area contributed by atoms with Gasteiger partial charge in [-0.1, -0.05) is 30.3 Å². The lowest BCUT2D eigenvalue weighted by atomic mass is 9.64. The van der Waals surface area contributed by atoms with Crippen LogP contribution in [0.1, 0.15) is 31.2 Å². The Bertz CT molecular complexity index is 613. The summed E-state index contributed by atoms with van der Waals surface area (Å²) >= 11 is 0. The lowest BCUT2D eigenvalue weighted by molar-refractivity contribution is -0.133. The van der Waals surface area contributed by atoms with Crippen molar-refractivity contribution in [2.75, 3.05) is 32.8 Å². The van der Waals surface area contributed by atoms with Gasteiger partial charge in [0.1, 0.15) is 0 Å². The van der Waals surface area contributed by atoms with E-state index in [-0.39, 0.29) is 5.54 Å². The molecule has 26 heavy (non-hydrogen) atoms. The van der Waals surface area contributed by atoms with Crippen LogP contribution in [-0.2, 0) is 11.2 Å². The highest BCUT2D eigenvalue weighted by Crippen LogP contribution is 2.46. The van der Waals surface area contributed by atoms with Gasteiger partial charge in [-0.25, -0.2) is 4.79 Å². The molecule has 3 aliphatic heterocycles. The third-order valence-electron chi connectivity index (χ3n) is 6.91. The van der Waals surface area contributed by atoms with Crippen LogP contribution in [0, 0.1) is 17.8 Å². The number of carboxylic acid groups (broad SMARTS) is 1. The van der Waals surface area contributed by atoms with Crippen LogP contribution in [0.2, 0.25) is 0 Å². The molecule has 3 fully saturated rings. The summed E-state index contributed by atoms with van der Waals surface area (Å²) in [5.74, 6) is 1.66. The Morgan fingerprint density at radius 3 is 2.50 bits per heavy atom. The number of nitrogens with zero attached hydrogens (tertiary/aromatic N) is 1. The molecule has 142 valence electrons. The van der Waals surface area contributed by atoms with Gasteiger partial charge in [-0.15, -0.1) is 0 Å². The summed E-state index contributed by atoms with van der Waals surface area (Å²) in [6.07, 6.45) is 4.46. The molecular formula is C21H30N2O3. The zero-order chi connectivity index (χ0) is 18.0. The molecule has 0 aliphatic carbocycles. The molecule has 5 nitrogen and oxygen atoms in total. The summed E-state index contributed by atoms with van der Waals surface area (Å²) in [6, 6.07) is 10.4. The lowest BCUT2D eigenvalue weighted by Crippen LogP contribution is -2.66. The fourth-order valence-electron chi connectivity index (χ4n) is 5.38. The Labute approximate surface area is 155 Å². The van der Waals surface area contributed by atoms with E-state index in [2.05, 4.69) is 29.6 Å². The Kier molecular flexibility index (Phi) is 5.18. The molecule has 2 unspecified atom stereocenters. The summed E-state index contributed by atoms with van der Waals surface area (Å²) < 4.78 is 5.53. The van der Waals surface area contributed by atoms with E-state index in [0.717, 1.165) is 38.3 Å². The van der Waals surface area contributed by atoms with Crippen molar-refractivity contribution in [1.82, 2.24) is 10.2 Å². The first kappa shape index (κ1) is 17.8. The van der Waals surface area contributed by atoms with Gasteiger partial charge in [-0.3, -0.25) is 0 Å². The van der Waals surface area contributed by atoms with Crippen molar-refractivity contribution in [3.63, 3.8) is 0 Å². The second kappa shape index (κ2) is 7.57. The molecule has 3 aliphatic rings. The van der Waals surface area contributed by atoms with Crippen molar-refractivity contribution in [2.24, 2.45) is 17.8 Å². The number of hydrogen-bond acceptors (Lipinski definition) is 3. The highest BCUT2D eigenvalue weighted by molar-refractivity contribution is 5.66. The van der Waals surface area contributed by atoms with Gasteiger partial charge in [0.15, 0.2) is 0 Å². The van der Waals surface area contributed by atoms with Crippen molar-refractivity contribution in [3.05, 3.63) is 35.9 Å². The summed E-state index contributed by atoms with van der Waals surface area (Å²) in [5, 5.41) is 13.5. The van der Waals surface area contributed by atoms with E-state index in [1.54, 1.807) is 4.90 Å². The number of ether oxygens (including phenoxy) is 1. The monoisotopic (exact) mass is 358 g/mol. The molecule has 5 heteroatoms. The molecule has 0 aromatic heterocycles. The number of rotatable bonds is 4. The van der Waals surface area contributed by atoms with Gasteiger partial charge >= 0.3 is 6.09 Å². The number of nitrogens with one attached hydrogen (secondary N) is 1. The van der Waals surface area contributed by atoms with Gasteiger partial charge in [-0.2, -0.15) is 0 Å². The zero-order valence-electron chi connectivity index (χ0n) is 15.4.